The number of carbonyl (C=O) groups is 2. The number of hydrogen-bond donors (Lipinski definition) is 1. The van der Waals surface area contributed by atoms with Crippen LogP contribution in [-0.2, 0) is 11.3 Å². The summed E-state index contributed by atoms with van der Waals surface area (Å²) in [6.07, 6.45) is 1.74. The number of aromatic nitrogens is 2. The first-order valence-corrected chi connectivity index (χ1v) is 10.2. The number of nitrogens with zero attached hydrogens (tertiary/aromatic N) is 3. The molecule has 0 radical (unpaired) electrons. The summed E-state index contributed by atoms with van der Waals surface area (Å²) in [5, 5.41) is 3.16. The van der Waals surface area contributed by atoms with E-state index in [1.165, 1.54) is 6.92 Å². The molecule has 156 valence electrons. The minimum Gasteiger partial charge on any atom is -0.355 e. The van der Waals surface area contributed by atoms with Crippen LogP contribution in [0.25, 0.3) is 16.7 Å². The van der Waals surface area contributed by atoms with Crippen molar-refractivity contribution in [3.8, 4) is 5.69 Å². The number of amides is 2. The van der Waals surface area contributed by atoms with Gasteiger partial charge in [-0.1, -0.05) is 35.9 Å². The summed E-state index contributed by atoms with van der Waals surface area (Å²) in [4.78, 5) is 30.5. The molecule has 1 heterocycles. The molecule has 0 aliphatic rings. The summed E-state index contributed by atoms with van der Waals surface area (Å²) in [7, 11) is 1.58. The van der Waals surface area contributed by atoms with Gasteiger partial charge in [-0.25, -0.2) is 4.98 Å². The first-order chi connectivity index (χ1) is 15.0. The van der Waals surface area contributed by atoms with E-state index >= 15 is 0 Å². The molecule has 7 heteroatoms. The fraction of sp³-hybridized carbons (Fsp3) is 0.125. The zero-order valence-corrected chi connectivity index (χ0v) is 17.9. The Morgan fingerprint density at radius 2 is 1.77 bits per heavy atom. The predicted molar refractivity (Wildman–Crippen MR) is 123 cm³/mol. The number of para-hydroxylation sites is 3. The van der Waals surface area contributed by atoms with Gasteiger partial charge in [-0.05, 0) is 48.0 Å². The number of anilines is 1. The predicted octanol–water partition coefficient (Wildman–Crippen LogP) is 4.59. The maximum atomic E-state index is 12.5. The van der Waals surface area contributed by atoms with Crippen LogP contribution in [0.15, 0.2) is 73.1 Å². The molecule has 2 amide bonds. The van der Waals surface area contributed by atoms with Crippen molar-refractivity contribution in [1.29, 1.82) is 0 Å². The molecule has 4 rings (SSSR count). The van der Waals surface area contributed by atoms with Gasteiger partial charge in [-0.3, -0.25) is 14.2 Å². The van der Waals surface area contributed by atoms with Crippen LogP contribution in [-0.4, -0.2) is 28.4 Å². The van der Waals surface area contributed by atoms with Gasteiger partial charge in [-0.2, -0.15) is 0 Å². The molecule has 0 saturated carbocycles. The van der Waals surface area contributed by atoms with Crippen LogP contribution in [0.2, 0.25) is 5.02 Å². The van der Waals surface area contributed by atoms with Gasteiger partial charge in [0.05, 0.1) is 28.3 Å². The Bertz CT molecular complexity index is 1260. The van der Waals surface area contributed by atoms with Crippen LogP contribution >= 0.6 is 11.6 Å². The number of hydrogen-bond acceptors (Lipinski definition) is 3. The second-order valence-electron chi connectivity index (χ2n) is 7.08. The molecule has 3 aromatic carbocycles. The molecule has 0 saturated heterocycles. The number of halogens is 1. The summed E-state index contributed by atoms with van der Waals surface area (Å²) < 4.78 is 1.94. The van der Waals surface area contributed by atoms with E-state index in [0.717, 1.165) is 22.3 Å². The topological polar surface area (TPSA) is 67.2 Å². The van der Waals surface area contributed by atoms with E-state index in [1.807, 2.05) is 47.0 Å². The maximum Gasteiger partial charge on any atom is 0.251 e. The van der Waals surface area contributed by atoms with Crippen LogP contribution < -0.4 is 10.2 Å². The number of benzene rings is 3. The highest BCUT2D eigenvalue weighted by Gasteiger charge is 2.18. The van der Waals surface area contributed by atoms with E-state index < -0.39 is 0 Å². The van der Waals surface area contributed by atoms with Crippen molar-refractivity contribution in [2.24, 2.45) is 0 Å². The van der Waals surface area contributed by atoms with E-state index in [9.17, 15) is 9.59 Å². The zero-order chi connectivity index (χ0) is 22.0. The molecule has 1 N–H and O–H groups in total. The molecule has 0 spiro atoms. The molecular formula is C24H21ClN4O2. The van der Waals surface area contributed by atoms with E-state index in [1.54, 1.807) is 42.5 Å². The highest BCUT2D eigenvalue weighted by molar-refractivity contribution is 6.32. The molecule has 0 unspecified atom stereocenters. The molecule has 0 fully saturated rings. The second kappa shape index (κ2) is 8.62. The van der Waals surface area contributed by atoms with Crippen molar-refractivity contribution in [1.82, 2.24) is 14.9 Å². The van der Waals surface area contributed by atoms with E-state index in [2.05, 4.69) is 10.3 Å². The van der Waals surface area contributed by atoms with Crippen LogP contribution in [0.5, 0.6) is 0 Å². The lowest BCUT2D eigenvalue weighted by atomic mass is 10.1. The van der Waals surface area contributed by atoms with Crippen LogP contribution in [0.3, 0.4) is 0 Å². The number of rotatable bonds is 5. The van der Waals surface area contributed by atoms with Gasteiger partial charge >= 0.3 is 0 Å². The Hall–Kier alpha value is -3.64. The lowest BCUT2D eigenvalue weighted by Gasteiger charge is -2.24. The summed E-state index contributed by atoms with van der Waals surface area (Å²) in [5.74, 6) is -0.292. The van der Waals surface area contributed by atoms with Crippen molar-refractivity contribution < 1.29 is 9.59 Å². The van der Waals surface area contributed by atoms with Gasteiger partial charge in [0.25, 0.3) is 5.91 Å². The van der Waals surface area contributed by atoms with E-state index in [4.69, 9.17) is 11.6 Å². The van der Waals surface area contributed by atoms with E-state index in [0.29, 0.717) is 22.8 Å². The van der Waals surface area contributed by atoms with Gasteiger partial charge in [-0.15, -0.1) is 0 Å². The summed E-state index contributed by atoms with van der Waals surface area (Å²) in [6.45, 7) is 1.83. The minimum atomic E-state index is -0.176. The largest absolute Gasteiger partial charge is 0.355 e. The number of imidazole rings is 1. The van der Waals surface area contributed by atoms with Gasteiger partial charge in [0.1, 0.15) is 6.33 Å². The molecule has 4 aromatic rings. The van der Waals surface area contributed by atoms with Crippen molar-refractivity contribution in [2.45, 2.75) is 13.5 Å². The van der Waals surface area contributed by atoms with Crippen LogP contribution in [0.4, 0.5) is 5.69 Å². The third-order valence-electron chi connectivity index (χ3n) is 5.14. The molecule has 0 atom stereocenters. The van der Waals surface area contributed by atoms with E-state index in [-0.39, 0.29) is 11.8 Å². The molecule has 31 heavy (non-hydrogen) atoms. The summed E-state index contributed by atoms with van der Waals surface area (Å²) in [5.41, 5.74) is 4.68. The highest BCUT2D eigenvalue weighted by atomic mass is 35.5. The fourth-order valence-corrected chi connectivity index (χ4v) is 3.87. The zero-order valence-electron chi connectivity index (χ0n) is 17.2. The average molecular weight is 433 g/mol. The molecule has 1 aromatic heterocycles. The van der Waals surface area contributed by atoms with Crippen LogP contribution in [0.1, 0.15) is 22.8 Å². The lowest BCUT2D eigenvalue weighted by Crippen LogP contribution is -2.28. The molecule has 6 nitrogen and oxygen atoms in total. The monoisotopic (exact) mass is 432 g/mol. The summed E-state index contributed by atoms with van der Waals surface area (Å²) >= 11 is 6.61. The SMILES string of the molecule is CNC(=O)c1ccc(N(Cc2cccc(Cl)c2-n2cnc3ccccc32)C(C)=O)cc1. The normalized spacial score (nSPS) is 10.8. The van der Waals surface area contributed by atoms with Crippen molar-refractivity contribution in [3.63, 3.8) is 0 Å². The fourth-order valence-electron chi connectivity index (χ4n) is 3.59. The molecule has 0 aliphatic heterocycles. The highest BCUT2D eigenvalue weighted by Crippen LogP contribution is 2.30. The summed E-state index contributed by atoms with van der Waals surface area (Å²) in [6, 6.07) is 20.4. The Morgan fingerprint density at radius 3 is 2.48 bits per heavy atom. The minimum absolute atomic E-state index is 0.117. The Morgan fingerprint density at radius 1 is 1.03 bits per heavy atom. The lowest BCUT2D eigenvalue weighted by molar-refractivity contribution is -0.116. The molecule has 0 bridgehead atoms. The quantitative estimate of drug-likeness (QED) is 0.501. The van der Waals surface area contributed by atoms with Crippen molar-refractivity contribution in [2.75, 3.05) is 11.9 Å². The maximum absolute atomic E-state index is 12.5. The van der Waals surface area contributed by atoms with Crippen molar-refractivity contribution >= 4 is 40.1 Å². The Kier molecular flexibility index (Phi) is 5.73. The first kappa shape index (κ1) is 20.6. The molecular weight excluding hydrogens is 412 g/mol. The molecule has 0 aliphatic carbocycles. The van der Waals surface area contributed by atoms with Gasteiger partial charge in [0, 0.05) is 25.2 Å². The standard InChI is InChI=1S/C24H21ClN4O2/c1-16(30)28(19-12-10-17(11-13-19)24(31)26-2)14-18-6-5-7-20(25)23(18)29-15-27-21-8-3-4-9-22(21)29/h3-13,15H,14H2,1-2H3,(H,26,31). The van der Waals surface area contributed by atoms with Gasteiger partial charge in [0.15, 0.2) is 0 Å². The van der Waals surface area contributed by atoms with Gasteiger partial charge < -0.3 is 10.2 Å². The number of fused-ring (bicyclic) bond motifs is 1. The average Bonchev–Trinajstić information content (AvgIpc) is 3.20. The third kappa shape index (κ3) is 4.02. The van der Waals surface area contributed by atoms with Crippen molar-refractivity contribution in [3.05, 3.63) is 89.2 Å². The third-order valence-corrected chi connectivity index (χ3v) is 5.45. The smallest absolute Gasteiger partial charge is 0.251 e. The Balaban J connectivity index is 1.75. The Labute approximate surface area is 185 Å². The number of nitrogens with one attached hydrogen (secondary N) is 1. The van der Waals surface area contributed by atoms with Crippen LogP contribution in [0, 0.1) is 0 Å². The van der Waals surface area contributed by atoms with Gasteiger partial charge in [0.2, 0.25) is 5.91 Å². The first-order valence-electron chi connectivity index (χ1n) is 9.79. The second-order valence-corrected chi connectivity index (χ2v) is 7.49. The number of carbonyl (C=O) groups excluding carboxylic acids is 2.